The van der Waals surface area contributed by atoms with Gasteiger partial charge >= 0.3 is 0 Å². The smallest absolute Gasteiger partial charge is 0.0591 e. The number of hydrogen-bond acceptors (Lipinski definition) is 1. The Morgan fingerprint density at radius 2 is 1.42 bits per heavy atom. The lowest BCUT2D eigenvalue weighted by Crippen LogP contribution is -2.05. The first-order chi connectivity index (χ1) is 9.28. The van der Waals surface area contributed by atoms with Crippen LogP contribution in [0.1, 0.15) is 24.5 Å². The van der Waals surface area contributed by atoms with Crippen LogP contribution in [0.2, 0.25) is 0 Å². The SMILES string of the molecule is CC12CC(c3ccccc3)=C(c3ccccc3)N1C2. The molecule has 1 fully saturated rings. The van der Waals surface area contributed by atoms with Crippen LogP contribution in [0.15, 0.2) is 60.7 Å². The summed E-state index contributed by atoms with van der Waals surface area (Å²) in [7, 11) is 0. The van der Waals surface area contributed by atoms with E-state index in [1.165, 1.54) is 35.4 Å². The molecule has 2 heterocycles. The molecule has 2 aromatic carbocycles. The van der Waals surface area contributed by atoms with Crippen LogP contribution >= 0.6 is 0 Å². The Labute approximate surface area is 114 Å². The third kappa shape index (κ3) is 1.61. The summed E-state index contributed by atoms with van der Waals surface area (Å²) >= 11 is 0. The normalized spacial score (nSPS) is 24.6. The standard InChI is InChI=1S/C18H17N/c1-18-12-16(14-8-4-2-5-9-14)17(19(18)13-18)15-10-6-3-7-11-15/h2-11H,12-13H2,1H3. The van der Waals surface area contributed by atoms with E-state index in [9.17, 15) is 0 Å². The fraction of sp³-hybridized carbons (Fsp3) is 0.222. The third-order valence-corrected chi connectivity index (χ3v) is 4.33. The molecule has 2 aliphatic heterocycles. The van der Waals surface area contributed by atoms with Gasteiger partial charge in [-0.1, -0.05) is 60.7 Å². The van der Waals surface area contributed by atoms with E-state index >= 15 is 0 Å². The molecular weight excluding hydrogens is 230 g/mol. The van der Waals surface area contributed by atoms with E-state index in [-0.39, 0.29) is 0 Å². The maximum absolute atomic E-state index is 2.55. The zero-order valence-electron chi connectivity index (χ0n) is 11.1. The summed E-state index contributed by atoms with van der Waals surface area (Å²) < 4.78 is 0. The highest BCUT2D eigenvalue weighted by Crippen LogP contribution is 2.55. The van der Waals surface area contributed by atoms with Gasteiger partial charge in [-0.2, -0.15) is 0 Å². The highest BCUT2D eigenvalue weighted by molar-refractivity contribution is 5.95. The minimum Gasteiger partial charge on any atom is -0.361 e. The van der Waals surface area contributed by atoms with Gasteiger partial charge in [0.1, 0.15) is 0 Å². The van der Waals surface area contributed by atoms with Crippen molar-refractivity contribution in [1.82, 2.24) is 4.90 Å². The second-order valence-electron chi connectivity index (χ2n) is 5.82. The molecular formula is C18H17N. The predicted molar refractivity (Wildman–Crippen MR) is 79.4 cm³/mol. The molecule has 0 saturated carbocycles. The lowest BCUT2D eigenvalue weighted by atomic mass is 9.94. The van der Waals surface area contributed by atoms with E-state index in [1.807, 2.05) is 0 Å². The summed E-state index contributed by atoms with van der Waals surface area (Å²) in [4.78, 5) is 2.55. The van der Waals surface area contributed by atoms with E-state index in [0.717, 1.165) is 0 Å². The fourth-order valence-corrected chi connectivity index (χ4v) is 3.24. The highest BCUT2D eigenvalue weighted by Gasteiger charge is 2.54. The Morgan fingerprint density at radius 1 is 0.842 bits per heavy atom. The molecule has 94 valence electrons. The molecule has 0 N–H and O–H groups in total. The van der Waals surface area contributed by atoms with Gasteiger partial charge in [0.2, 0.25) is 0 Å². The Kier molecular flexibility index (Phi) is 2.14. The van der Waals surface area contributed by atoms with Crippen LogP contribution in [0.3, 0.4) is 0 Å². The van der Waals surface area contributed by atoms with Crippen molar-refractivity contribution >= 4 is 11.3 Å². The summed E-state index contributed by atoms with van der Waals surface area (Å²) in [5, 5.41) is 0. The number of nitrogens with zero attached hydrogens (tertiary/aromatic N) is 1. The maximum Gasteiger partial charge on any atom is 0.0591 e. The van der Waals surface area contributed by atoms with E-state index in [2.05, 4.69) is 72.5 Å². The van der Waals surface area contributed by atoms with Crippen LogP contribution in [-0.2, 0) is 0 Å². The molecule has 0 spiro atoms. The average Bonchev–Trinajstić information content (AvgIpc) is 3.03. The van der Waals surface area contributed by atoms with Crippen molar-refractivity contribution in [1.29, 1.82) is 0 Å². The van der Waals surface area contributed by atoms with Gasteiger partial charge in [0.25, 0.3) is 0 Å². The zero-order valence-corrected chi connectivity index (χ0v) is 11.1. The first-order valence-corrected chi connectivity index (χ1v) is 6.90. The average molecular weight is 247 g/mol. The van der Waals surface area contributed by atoms with Gasteiger partial charge in [0.05, 0.1) is 5.54 Å². The molecule has 0 bridgehead atoms. The Balaban J connectivity index is 1.88. The molecule has 0 amide bonds. The first kappa shape index (κ1) is 10.9. The van der Waals surface area contributed by atoms with Crippen LogP contribution in [0, 0.1) is 0 Å². The summed E-state index contributed by atoms with van der Waals surface area (Å²) in [5.41, 5.74) is 6.03. The minimum atomic E-state index is 0.371. The molecule has 1 unspecified atom stereocenters. The van der Waals surface area contributed by atoms with Crippen LogP contribution in [0.5, 0.6) is 0 Å². The van der Waals surface area contributed by atoms with Gasteiger partial charge in [-0.15, -0.1) is 0 Å². The van der Waals surface area contributed by atoms with Crippen LogP contribution in [-0.4, -0.2) is 17.0 Å². The van der Waals surface area contributed by atoms with Crippen molar-refractivity contribution in [3.63, 3.8) is 0 Å². The van der Waals surface area contributed by atoms with Crippen LogP contribution in [0.25, 0.3) is 11.3 Å². The van der Waals surface area contributed by atoms with Crippen molar-refractivity contribution in [3.8, 4) is 0 Å². The van der Waals surface area contributed by atoms with Crippen molar-refractivity contribution in [3.05, 3.63) is 71.8 Å². The van der Waals surface area contributed by atoms with Crippen LogP contribution < -0.4 is 0 Å². The van der Waals surface area contributed by atoms with Gasteiger partial charge in [-0.05, 0) is 30.0 Å². The van der Waals surface area contributed by atoms with Crippen molar-refractivity contribution in [2.24, 2.45) is 0 Å². The largest absolute Gasteiger partial charge is 0.361 e. The van der Waals surface area contributed by atoms with Crippen molar-refractivity contribution < 1.29 is 0 Å². The molecule has 1 atom stereocenters. The number of hydrogen-bond donors (Lipinski definition) is 0. The van der Waals surface area contributed by atoms with Crippen molar-refractivity contribution in [2.75, 3.05) is 6.54 Å². The second kappa shape index (κ2) is 3.74. The maximum atomic E-state index is 2.55. The van der Waals surface area contributed by atoms with Crippen molar-refractivity contribution in [2.45, 2.75) is 18.9 Å². The predicted octanol–water partition coefficient (Wildman–Crippen LogP) is 4.03. The molecule has 4 rings (SSSR count). The molecule has 19 heavy (non-hydrogen) atoms. The monoisotopic (exact) mass is 247 g/mol. The number of benzene rings is 2. The summed E-state index contributed by atoms with van der Waals surface area (Å²) in [6.45, 7) is 3.57. The van der Waals surface area contributed by atoms with Crippen LogP contribution in [0.4, 0.5) is 0 Å². The van der Waals surface area contributed by atoms with Gasteiger partial charge < -0.3 is 4.90 Å². The van der Waals surface area contributed by atoms with Gasteiger partial charge in [-0.3, -0.25) is 0 Å². The lowest BCUT2D eigenvalue weighted by Gasteiger charge is -2.11. The van der Waals surface area contributed by atoms with E-state index in [1.54, 1.807) is 0 Å². The second-order valence-corrected chi connectivity index (χ2v) is 5.82. The minimum absolute atomic E-state index is 0.371. The molecule has 1 nitrogen and oxygen atoms in total. The molecule has 1 heteroatoms. The van der Waals surface area contributed by atoms with Gasteiger partial charge in [0.15, 0.2) is 0 Å². The van der Waals surface area contributed by atoms with E-state index in [0.29, 0.717) is 5.54 Å². The zero-order chi connectivity index (χ0) is 12.9. The number of rotatable bonds is 2. The highest BCUT2D eigenvalue weighted by atomic mass is 15.4. The van der Waals surface area contributed by atoms with Gasteiger partial charge in [-0.25, -0.2) is 0 Å². The summed E-state index contributed by atoms with van der Waals surface area (Å²) in [6.07, 6.45) is 1.17. The molecule has 2 aliphatic rings. The summed E-state index contributed by atoms with van der Waals surface area (Å²) in [6, 6.07) is 21.6. The molecule has 0 aliphatic carbocycles. The molecule has 0 aromatic heterocycles. The quantitative estimate of drug-likeness (QED) is 0.724. The molecule has 0 radical (unpaired) electrons. The summed E-state index contributed by atoms with van der Waals surface area (Å²) in [5.74, 6) is 0. The topological polar surface area (TPSA) is 3.01 Å². The van der Waals surface area contributed by atoms with E-state index in [4.69, 9.17) is 0 Å². The van der Waals surface area contributed by atoms with E-state index < -0.39 is 0 Å². The Hall–Kier alpha value is -2.02. The first-order valence-electron chi connectivity index (χ1n) is 6.90. The van der Waals surface area contributed by atoms with Gasteiger partial charge in [0, 0.05) is 12.2 Å². The Bertz CT molecular complexity index is 642. The number of fused-ring (bicyclic) bond motifs is 1. The molecule has 1 saturated heterocycles. The molecule has 2 aromatic rings. The Morgan fingerprint density at radius 3 is 2.05 bits per heavy atom. The fourth-order valence-electron chi connectivity index (χ4n) is 3.24. The lowest BCUT2D eigenvalue weighted by molar-refractivity contribution is 0.592. The third-order valence-electron chi connectivity index (χ3n) is 4.33.